The van der Waals surface area contributed by atoms with Crippen LogP contribution < -0.4 is 10.2 Å². The minimum absolute atomic E-state index is 0.112. The number of anilines is 1. The van der Waals surface area contributed by atoms with Crippen molar-refractivity contribution in [2.24, 2.45) is 0 Å². The molecular weight excluding hydrogens is 473 g/mol. The highest BCUT2D eigenvalue weighted by atomic mass is 32.2. The lowest BCUT2D eigenvalue weighted by Crippen LogP contribution is -2.32. The highest BCUT2D eigenvalue weighted by molar-refractivity contribution is 8.05. The summed E-state index contributed by atoms with van der Waals surface area (Å²) < 4.78 is 13.4. The summed E-state index contributed by atoms with van der Waals surface area (Å²) >= 11 is 1.19. The van der Waals surface area contributed by atoms with Gasteiger partial charge in [-0.25, -0.2) is 4.39 Å². The number of nitrogens with zero attached hydrogens (tertiary/aromatic N) is 2. The lowest BCUT2D eigenvalue weighted by Gasteiger charge is -2.19. The van der Waals surface area contributed by atoms with Crippen LogP contribution in [-0.2, 0) is 22.6 Å². The van der Waals surface area contributed by atoms with Gasteiger partial charge in [-0.1, -0.05) is 80.2 Å². The number of thioether (sulfide) groups is 1. The van der Waals surface area contributed by atoms with Gasteiger partial charge in [0.15, 0.2) is 0 Å². The Hall–Kier alpha value is -3.89. The summed E-state index contributed by atoms with van der Waals surface area (Å²) in [5.41, 5.74) is 3.30. The molecule has 5 nitrogen and oxygen atoms in total. The van der Waals surface area contributed by atoms with Gasteiger partial charge in [-0.15, -0.1) is 0 Å². The molecule has 1 aliphatic rings. The molecule has 7 heteroatoms. The molecule has 4 rings (SSSR count). The van der Waals surface area contributed by atoms with Crippen LogP contribution in [-0.4, -0.2) is 17.1 Å². The average Bonchev–Trinajstić information content (AvgIpc) is 3.20. The molecule has 2 amide bonds. The van der Waals surface area contributed by atoms with Crippen molar-refractivity contribution in [1.29, 1.82) is 5.26 Å². The third kappa shape index (κ3) is 5.67. The Bertz CT molecular complexity index is 1310. The maximum absolute atomic E-state index is 13.6. The van der Waals surface area contributed by atoms with E-state index in [2.05, 4.69) is 19.2 Å². The van der Waals surface area contributed by atoms with Gasteiger partial charge in [-0.05, 0) is 53.3 Å². The second-order valence-corrected chi connectivity index (χ2v) is 10.0. The molecule has 1 saturated heterocycles. The first-order chi connectivity index (χ1) is 17.4. The lowest BCUT2D eigenvalue weighted by atomic mass is 10.0. The zero-order chi connectivity index (χ0) is 25.7. The van der Waals surface area contributed by atoms with Crippen LogP contribution in [0.2, 0.25) is 0 Å². The maximum atomic E-state index is 13.6. The SMILES string of the molecule is CC(C)c1ccc(N2C(=O)C(Cc3ccc(F)cc3)S/C2=C(/C#N)C(=O)NCc2ccccc2)cc1. The van der Waals surface area contributed by atoms with Crippen LogP contribution >= 0.6 is 11.8 Å². The second-order valence-electron chi connectivity index (χ2n) is 8.82. The molecule has 1 atom stereocenters. The van der Waals surface area contributed by atoms with Crippen molar-refractivity contribution >= 4 is 29.3 Å². The molecular formula is C29H26FN3O2S. The molecule has 182 valence electrons. The Kier molecular flexibility index (Phi) is 7.87. The van der Waals surface area contributed by atoms with Crippen molar-refractivity contribution in [1.82, 2.24) is 5.32 Å². The van der Waals surface area contributed by atoms with E-state index < -0.39 is 11.2 Å². The monoisotopic (exact) mass is 499 g/mol. The van der Waals surface area contributed by atoms with E-state index in [-0.39, 0.29) is 23.8 Å². The first-order valence-corrected chi connectivity index (χ1v) is 12.6. The molecule has 1 heterocycles. The summed E-state index contributed by atoms with van der Waals surface area (Å²) in [6.45, 7) is 4.43. The van der Waals surface area contributed by atoms with Gasteiger partial charge in [-0.2, -0.15) is 5.26 Å². The van der Waals surface area contributed by atoms with Crippen molar-refractivity contribution in [2.45, 2.75) is 38.0 Å². The highest BCUT2D eigenvalue weighted by Gasteiger charge is 2.40. The van der Waals surface area contributed by atoms with Crippen LogP contribution in [0.5, 0.6) is 0 Å². The lowest BCUT2D eigenvalue weighted by molar-refractivity contribution is -0.117. The van der Waals surface area contributed by atoms with E-state index >= 15 is 0 Å². The number of hydrogen-bond acceptors (Lipinski definition) is 4. The fourth-order valence-electron chi connectivity index (χ4n) is 3.93. The number of nitriles is 1. The molecule has 0 aromatic heterocycles. The van der Waals surface area contributed by atoms with E-state index in [1.165, 1.54) is 28.8 Å². The third-order valence-electron chi connectivity index (χ3n) is 5.95. The van der Waals surface area contributed by atoms with Crippen molar-refractivity contribution in [3.05, 3.63) is 112 Å². The van der Waals surface area contributed by atoms with Gasteiger partial charge in [0.1, 0.15) is 22.5 Å². The van der Waals surface area contributed by atoms with E-state index in [0.717, 1.165) is 16.7 Å². The van der Waals surface area contributed by atoms with E-state index in [1.807, 2.05) is 60.7 Å². The number of hydrogen-bond donors (Lipinski definition) is 1. The Balaban J connectivity index is 1.67. The smallest absolute Gasteiger partial charge is 0.264 e. The zero-order valence-corrected chi connectivity index (χ0v) is 20.9. The summed E-state index contributed by atoms with van der Waals surface area (Å²) in [4.78, 5) is 28.1. The fourth-order valence-corrected chi connectivity index (χ4v) is 5.24. The molecule has 0 aliphatic carbocycles. The molecule has 0 saturated carbocycles. The average molecular weight is 500 g/mol. The molecule has 1 fully saturated rings. The first-order valence-electron chi connectivity index (χ1n) is 11.7. The van der Waals surface area contributed by atoms with E-state index in [0.29, 0.717) is 23.1 Å². The van der Waals surface area contributed by atoms with Crippen LogP contribution in [0.4, 0.5) is 10.1 Å². The fraction of sp³-hybridized carbons (Fsp3) is 0.207. The van der Waals surface area contributed by atoms with Crippen molar-refractivity contribution < 1.29 is 14.0 Å². The molecule has 0 spiro atoms. The van der Waals surface area contributed by atoms with Crippen LogP contribution in [0.3, 0.4) is 0 Å². The Morgan fingerprint density at radius 2 is 1.69 bits per heavy atom. The Morgan fingerprint density at radius 1 is 1.03 bits per heavy atom. The molecule has 1 unspecified atom stereocenters. The number of rotatable bonds is 7. The van der Waals surface area contributed by atoms with Gasteiger partial charge >= 0.3 is 0 Å². The first kappa shape index (κ1) is 25.2. The number of carbonyl (C=O) groups is 2. The molecule has 0 bridgehead atoms. The predicted octanol–water partition coefficient (Wildman–Crippen LogP) is 5.69. The molecule has 1 aliphatic heterocycles. The Morgan fingerprint density at radius 3 is 2.31 bits per heavy atom. The van der Waals surface area contributed by atoms with Crippen LogP contribution in [0.15, 0.2) is 89.5 Å². The van der Waals surface area contributed by atoms with Crippen LogP contribution in [0.25, 0.3) is 0 Å². The topological polar surface area (TPSA) is 73.2 Å². The van der Waals surface area contributed by atoms with Gasteiger partial charge in [0, 0.05) is 12.2 Å². The molecule has 0 radical (unpaired) electrons. The normalized spacial score (nSPS) is 16.7. The standard InChI is InChI=1S/C29H26FN3O2S/c1-19(2)22-10-14-24(15-11-22)33-28(35)26(16-20-8-12-23(30)13-9-20)36-29(33)25(17-31)27(34)32-18-21-6-4-3-5-7-21/h3-15,19,26H,16,18H2,1-2H3,(H,32,34)/b29-25-. The summed E-state index contributed by atoms with van der Waals surface area (Å²) in [5.74, 6) is -0.788. The van der Waals surface area contributed by atoms with Crippen LogP contribution in [0, 0.1) is 17.1 Å². The second kappa shape index (κ2) is 11.2. The maximum Gasteiger partial charge on any atom is 0.264 e. The number of benzene rings is 3. The molecule has 1 N–H and O–H groups in total. The van der Waals surface area contributed by atoms with Crippen molar-refractivity contribution in [2.75, 3.05) is 4.90 Å². The largest absolute Gasteiger partial charge is 0.347 e. The zero-order valence-electron chi connectivity index (χ0n) is 20.1. The quantitative estimate of drug-likeness (QED) is 0.335. The predicted molar refractivity (Wildman–Crippen MR) is 140 cm³/mol. The molecule has 36 heavy (non-hydrogen) atoms. The van der Waals surface area contributed by atoms with Gasteiger partial charge in [0.25, 0.3) is 5.91 Å². The number of amides is 2. The highest BCUT2D eigenvalue weighted by Crippen LogP contribution is 2.42. The minimum atomic E-state index is -0.555. The summed E-state index contributed by atoms with van der Waals surface area (Å²) in [6.07, 6.45) is 0.345. The summed E-state index contributed by atoms with van der Waals surface area (Å²) in [7, 11) is 0. The van der Waals surface area contributed by atoms with Gasteiger partial charge in [-0.3, -0.25) is 14.5 Å². The summed E-state index contributed by atoms with van der Waals surface area (Å²) in [6, 6.07) is 25.0. The van der Waals surface area contributed by atoms with Crippen molar-refractivity contribution in [3.63, 3.8) is 0 Å². The Labute approximate surface area is 214 Å². The number of nitrogens with one attached hydrogen (secondary N) is 1. The van der Waals surface area contributed by atoms with Crippen molar-refractivity contribution in [3.8, 4) is 6.07 Å². The number of halogens is 1. The molecule has 3 aromatic carbocycles. The van der Waals surface area contributed by atoms with Gasteiger partial charge in [0.2, 0.25) is 5.91 Å². The van der Waals surface area contributed by atoms with Gasteiger partial charge < -0.3 is 5.32 Å². The van der Waals surface area contributed by atoms with Crippen LogP contribution in [0.1, 0.15) is 36.5 Å². The molecule has 3 aromatic rings. The number of carbonyl (C=O) groups excluding carboxylic acids is 2. The third-order valence-corrected chi connectivity index (χ3v) is 7.22. The van der Waals surface area contributed by atoms with E-state index in [1.54, 1.807) is 12.1 Å². The van der Waals surface area contributed by atoms with Gasteiger partial charge in [0.05, 0.1) is 5.25 Å². The van der Waals surface area contributed by atoms with E-state index in [9.17, 15) is 19.2 Å². The van der Waals surface area contributed by atoms with E-state index in [4.69, 9.17) is 0 Å². The summed E-state index contributed by atoms with van der Waals surface area (Å²) in [5, 5.41) is 12.5. The minimum Gasteiger partial charge on any atom is -0.347 e.